The van der Waals surface area contributed by atoms with Crippen LogP contribution < -0.4 is 25.7 Å². The predicted octanol–water partition coefficient (Wildman–Crippen LogP) is 2.99. The molecule has 0 aliphatic rings. The van der Waals surface area contributed by atoms with E-state index in [0.29, 0.717) is 36.9 Å². The first-order valence-electron chi connectivity index (χ1n) is 9.83. The minimum Gasteiger partial charge on any atom is -0.497 e. The highest BCUT2D eigenvalue weighted by atomic mass is 19.3. The van der Waals surface area contributed by atoms with E-state index < -0.39 is 6.61 Å². The number of halogens is 2. The number of alkyl halides is 2. The number of guanidine groups is 1. The molecule has 1 heterocycles. The molecule has 2 aromatic rings. The standard InChI is InChI=1S/C21H28F2N4O3/c1-3-24-21(25-11-5-7-13-27-12-6-4-8-19(27)28)26-15-16-14-17(29-2)9-10-18(16)30-20(22)23/h4,6,8-10,12,14,20H,3,5,7,11,13,15H2,1-2H3,(H2,24,25,26). The Morgan fingerprint density at radius 2 is 2.03 bits per heavy atom. The quantitative estimate of drug-likeness (QED) is 0.331. The Hall–Kier alpha value is -3.10. The van der Waals surface area contributed by atoms with Crippen molar-refractivity contribution in [3.63, 3.8) is 0 Å². The third-order valence-electron chi connectivity index (χ3n) is 4.25. The number of ether oxygens (including phenoxy) is 2. The molecular weight excluding hydrogens is 394 g/mol. The van der Waals surface area contributed by atoms with Gasteiger partial charge in [-0.3, -0.25) is 4.79 Å². The maximum absolute atomic E-state index is 12.7. The van der Waals surface area contributed by atoms with Crippen molar-refractivity contribution in [2.75, 3.05) is 20.2 Å². The van der Waals surface area contributed by atoms with E-state index in [1.54, 1.807) is 35.0 Å². The van der Waals surface area contributed by atoms with Crippen molar-refractivity contribution in [2.45, 2.75) is 39.5 Å². The number of hydrogen-bond acceptors (Lipinski definition) is 4. The maximum atomic E-state index is 12.7. The number of aryl methyl sites for hydroxylation is 1. The van der Waals surface area contributed by atoms with Gasteiger partial charge in [0.05, 0.1) is 13.7 Å². The lowest BCUT2D eigenvalue weighted by molar-refractivity contribution is -0.0504. The van der Waals surface area contributed by atoms with E-state index in [1.165, 1.54) is 13.2 Å². The summed E-state index contributed by atoms with van der Waals surface area (Å²) in [5.74, 6) is 1.18. The minimum absolute atomic E-state index is 0.0135. The fourth-order valence-corrected chi connectivity index (χ4v) is 2.78. The van der Waals surface area contributed by atoms with Crippen LogP contribution in [-0.2, 0) is 13.1 Å². The summed E-state index contributed by atoms with van der Waals surface area (Å²) in [5, 5.41) is 6.33. The molecule has 164 valence electrons. The average molecular weight is 422 g/mol. The van der Waals surface area contributed by atoms with Crippen molar-refractivity contribution >= 4 is 5.96 Å². The monoisotopic (exact) mass is 422 g/mol. The van der Waals surface area contributed by atoms with Gasteiger partial charge in [-0.1, -0.05) is 6.07 Å². The smallest absolute Gasteiger partial charge is 0.387 e. The number of pyridine rings is 1. The van der Waals surface area contributed by atoms with Crippen molar-refractivity contribution in [1.29, 1.82) is 0 Å². The molecule has 0 spiro atoms. The van der Waals surface area contributed by atoms with Gasteiger partial charge in [-0.15, -0.1) is 0 Å². The van der Waals surface area contributed by atoms with E-state index in [1.807, 2.05) is 13.0 Å². The van der Waals surface area contributed by atoms with Crippen LogP contribution in [0.3, 0.4) is 0 Å². The molecule has 0 saturated carbocycles. The van der Waals surface area contributed by atoms with Gasteiger partial charge in [-0.05, 0) is 44.0 Å². The SMILES string of the molecule is CCNC(=NCc1cc(OC)ccc1OC(F)F)NCCCCn1ccccc1=O. The predicted molar refractivity (Wildman–Crippen MR) is 112 cm³/mol. The fraction of sp³-hybridized carbons (Fsp3) is 0.429. The van der Waals surface area contributed by atoms with Gasteiger partial charge in [0.2, 0.25) is 5.56 Å². The van der Waals surface area contributed by atoms with Crippen LogP contribution in [0.4, 0.5) is 8.78 Å². The summed E-state index contributed by atoms with van der Waals surface area (Å²) in [7, 11) is 1.51. The van der Waals surface area contributed by atoms with E-state index in [4.69, 9.17) is 4.74 Å². The van der Waals surface area contributed by atoms with Crippen LogP contribution in [-0.4, -0.2) is 37.3 Å². The molecule has 9 heteroatoms. The number of benzene rings is 1. The first-order chi connectivity index (χ1) is 14.5. The van der Waals surface area contributed by atoms with E-state index in [2.05, 4.69) is 20.4 Å². The van der Waals surface area contributed by atoms with Crippen LogP contribution in [0.25, 0.3) is 0 Å². The summed E-state index contributed by atoms with van der Waals surface area (Å²) in [6.45, 7) is 1.14. The fourth-order valence-electron chi connectivity index (χ4n) is 2.78. The average Bonchev–Trinajstić information content (AvgIpc) is 2.73. The lowest BCUT2D eigenvalue weighted by atomic mass is 10.2. The summed E-state index contributed by atoms with van der Waals surface area (Å²) in [6.07, 6.45) is 3.44. The number of unbranched alkanes of at least 4 members (excludes halogenated alkanes) is 1. The number of methoxy groups -OCH3 is 1. The van der Waals surface area contributed by atoms with E-state index in [0.717, 1.165) is 12.8 Å². The molecule has 0 aliphatic heterocycles. The highest BCUT2D eigenvalue weighted by molar-refractivity contribution is 5.79. The van der Waals surface area contributed by atoms with Gasteiger partial charge in [-0.25, -0.2) is 4.99 Å². The highest BCUT2D eigenvalue weighted by Crippen LogP contribution is 2.26. The Bertz CT molecular complexity index is 871. The molecule has 0 bridgehead atoms. The zero-order valence-corrected chi connectivity index (χ0v) is 17.2. The number of hydrogen-bond donors (Lipinski definition) is 2. The van der Waals surface area contributed by atoms with E-state index in [9.17, 15) is 13.6 Å². The topological polar surface area (TPSA) is 76.9 Å². The number of nitrogens with one attached hydrogen (secondary N) is 2. The second kappa shape index (κ2) is 12.5. The van der Waals surface area contributed by atoms with Gasteiger partial charge >= 0.3 is 6.61 Å². The molecule has 30 heavy (non-hydrogen) atoms. The third-order valence-corrected chi connectivity index (χ3v) is 4.25. The largest absolute Gasteiger partial charge is 0.497 e. The van der Waals surface area contributed by atoms with Gasteiger partial charge in [-0.2, -0.15) is 8.78 Å². The van der Waals surface area contributed by atoms with Crippen LogP contribution in [0.1, 0.15) is 25.3 Å². The van der Waals surface area contributed by atoms with Crippen LogP contribution in [0.15, 0.2) is 52.4 Å². The molecule has 0 fully saturated rings. The second-order valence-corrected chi connectivity index (χ2v) is 6.41. The zero-order valence-electron chi connectivity index (χ0n) is 17.2. The summed E-state index contributed by atoms with van der Waals surface area (Å²) in [6, 6.07) is 9.73. The highest BCUT2D eigenvalue weighted by Gasteiger charge is 2.11. The molecule has 2 rings (SSSR count). The summed E-state index contributed by atoms with van der Waals surface area (Å²) < 4.78 is 36.7. The maximum Gasteiger partial charge on any atom is 0.387 e. The number of nitrogens with zero attached hydrogens (tertiary/aromatic N) is 2. The Balaban J connectivity index is 1.92. The Labute approximate surface area is 174 Å². The molecule has 0 atom stereocenters. The number of aliphatic imine (C=N–C) groups is 1. The zero-order chi connectivity index (χ0) is 21.8. The first kappa shape index (κ1) is 23.2. The number of aromatic nitrogens is 1. The third kappa shape index (κ3) is 7.73. The first-order valence-corrected chi connectivity index (χ1v) is 9.83. The number of rotatable bonds is 11. The summed E-state index contributed by atoms with van der Waals surface area (Å²) >= 11 is 0. The molecular formula is C21H28F2N4O3. The van der Waals surface area contributed by atoms with E-state index >= 15 is 0 Å². The van der Waals surface area contributed by atoms with Gasteiger partial charge in [0.25, 0.3) is 0 Å². The Morgan fingerprint density at radius 1 is 1.20 bits per heavy atom. The lowest BCUT2D eigenvalue weighted by Gasteiger charge is -2.13. The normalized spacial score (nSPS) is 11.4. The van der Waals surface area contributed by atoms with Crippen LogP contribution in [0.2, 0.25) is 0 Å². The van der Waals surface area contributed by atoms with Gasteiger partial charge in [0, 0.05) is 37.5 Å². The van der Waals surface area contributed by atoms with E-state index in [-0.39, 0.29) is 17.9 Å². The molecule has 0 unspecified atom stereocenters. The molecule has 0 radical (unpaired) electrons. The van der Waals surface area contributed by atoms with Gasteiger partial charge < -0.3 is 24.7 Å². The lowest BCUT2D eigenvalue weighted by Crippen LogP contribution is -2.37. The second-order valence-electron chi connectivity index (χ2n) is 6.41. The van der Waals surface area contributed by atoms with Crippen molar-refractivity contribution in [3.8, 4) is 11.5 Å². The molecule has 1 aromatic heterocycles. The Kier molecular flexibility index (Phi) is 9.63. The molecule has 0 saturated heterocycles. The van der Waals surface area contributed by atoms with Crippen molar-refractivity contribution < 1.29 is 18.3 Å². The van der Waals surface area contributed by atoms with Crippen LogP contribution >= 0.6 is 0 Å². The van der Waals surface area contributed by atoms with Gasteiger partial charge in [0.15, 0.2) is 5.96 Å². The molecule has 0 amide bonds. The molecule has 1 aromatic carbocycles. The van der Waals surface area contributed by atoms with Crippen molar-refractivity contribution in [3.05, 3.63) is 58.5 Å². The molecule has 0 aliphatic carbocycles. The van der Waals surface area contributed by atoms with Crippen molar-refractivity contribution in [2.24, 2.45) is 4.99 Å². The summed E-state index contributed by atoms with van der Waals surface area (Å²) in [4.78, 5) is 16.1. The van der Waals surface area contributed by atoms with Crippen LogP contribution in [0, 0.1) is 0 Å². The summed E-state index contributed by atoms with van der Waals surface area (Å²) in [5.41, 5.74) is 0.482. The van der Waals surface area contributed by atoms with Gasteiger partial charge in [0.1, 0.15) is 11.5 Å². The van der Waals surface area contributed by atoms with Crippen molar-refractivity contribution in [1.82, 2.24) is 15.2 Å². The van der Waals surface area contributed by atoms with Crippen LogP contribution in [0.5, 0.6) is 11.5 Å². The molecule has 7 nitrogen and oxygen atoms in total. The Morgan fingerprint density at radius 3 is 2.73 bits per heavy atom. The minimum atomic E-state index is -2.91. The molecule has 2 N–H and O–H groups in total.